The van der Waals surface area contributed by atoms with Gasteiger partial charge in [0.15, 0.2) is 0 Å². The summed E-state index contributed by atoms with van der Waals surface area (Å²) in [6, 6.07) is 0. The molecule has 0 aromatic rings. The van der Waals surface area contributed by atoms with Crippen molar-refractivity contribution in [3.8, 4) is 0 Å². The Morgan fingerprint density at radius 1 is 1.60 bits per heavy atom. The van der Waals surface area contributed by atoms with Gasteiger partial charge in [0, 0.05) is 19.6 Å². The predicted octanol–water partition coefficient (Wildman–Crippen LogP) is -0.0809. The van der Waals surface area contributed by atoms with Gasteiger partial charge in [-0.3, -0.25) is 14.5 Å². The van der Waals surface area contributed by atoms with Crippen LogP contribution in [0, 0.1) is 5.41 Å². The van der Waals surface area contributed by atoms with Crippen LogP contribution in [0.3, 0.4) is 0 Å². The van der Waals surface area contributed by atoms with Crippen molar-refractivity contribution >= 4 is 11.9 Å². The molecule has 1 heterocycles. The molecule has 1 amide bonds. The maximum absolute atomic E-state index is 11.2. The zero-order valence-electron chi connectivity index (χ0n) is 9.25. The summed E-state index contributed by atoms with van der Waals surface area (Å²) >= 11 is 0. The van der Waals surface area contributed by atoms with Gasteiger partial charge in [0.2, 0.25) is 5.91 Å². The summed E-state index contributed by atoms with van der Waals surface area (Å²) in [5, 5.41) is 11.7. The second-order valence-corrected chi connectivity index (χ2v) is 4.60. The van der Waals surface area contributed by atoms with Crippen LogP contribution in [0.5, 0.6) is 0 Å². The molecular weight excluding hydrogens is 196 g/mol. The number of carboxylic acids is 1. The van der Waals surface area contributed by atoms with E-state index < -0.39 is 11.4 Å². The highest BCUT2D eigenvalue weighted by Crippen LogP contribution is 2.17. The van der Waals surface area contributed by atoms with Crippen molar-refractivity contribution in [3.63, 3.8) is 0 Å². The predicted molar refractivity (Wildman–Crippen MR) is 55.5 cm³/mol. The van der Waals surface area contributed by atoms with Gasteiger partial charge in [0.05, 0.1) is 12.0 Å². The lowest BCUT2D eigenvalue weighted by Gasteiger charge is -2.27. The molecule has 0 aliphatic carbocycles. The molecule has 5 heteroatoms. The second-order valence-electron chi connectivity index (χ2n) is 4.60. The minimum atomic E-state index is -0.827. The summed E-state index contributed by atoms with van der Waals surface area (Å²) in [6.45, 7) is 5.53. The Hall–Kier alpha value is -1.10. The van der Waals surface area contributed by atoms with Crippen LogP contribution in [0.15, 0.2) is 0 Å². The molecule has 0 spiro atoms. The van der Waals surface area contributed by atoms with E-state index in [0.29, 0.717) is 19.6 Å². The molecule has 1 fully saturated rings. The number of rotatable bonds is 3. The molecule has 5 nitrogen and oxygen atoms in total. The maximum atomic E-state index is 11.2. The lowest BCUT2D eigenvalue weighted by atomic mass is 9.93. The lowest BCUT2D eigenvalue weighted by molar-refractivity contribution is -0.148. The molecule has 0 aromatic heterocycles. The van der Waals surface area contributed by atoms with E-state index in [0.717, 1.165) is 13.0 Å². The monoisotopic (exact) mass is 214 g/mol. The number of nitrogens with zero attached hydrogens (tertiary/aromatic N) is 1. The molecule has 1 aliphatic heterocycles. The SMILES string of the molecule is CC(C)(CN1CCCNC(=O)C1)C(=O)O. The minimum Gasteiger partial charge on any atom is -0.481 e. The molecule has 2 N–H and O–H groups in total. The summed E-state index contributed by atoms with van der Waals surface area (Å²) < 4.78 is 0. The van der Waals surface area contributed by atoms with Gasteiger partial charge in [-0.1, -0.05) is 0 Å². The van der Waals surface area contributed by atoms with Crippen LogP contribution in [0.1, 0.15) is 20.3 Å². The Morgan fingerprint density at radius 3 is 2.87 bits per heavy atom. The molecule has 0 atom stereocenters. The van der Waals surface area contributed by atoms with Crippen LogP contribution in [-0.4, -0.2) is 48.1 Å². The smallest absolute Gasteiger partial charge is 0.310 e. The van der Waals surface area contributed by atoms with Crippen molar-refractivity contribution in [3.05, 3.63) is 0 Å². The fourth-order valence-corrected chi connectivity index (χ4v) is 1.63. The van der Waals surface area contributed by atoms with E-state index >= 15 is 0 Å². The maximum Gasteiger partial charge on any atom is 0.310 e. The summed E-state index contributed by atoms with van der Waals surface area (Å²) in [5.41, 5.74) is -0.801. The number of hydrogen-bond acceptors (Lipinski definition) is 3. The van der Waals surface area contributed by atoms with Gasteiger partial charge in [-0.15, -0.1) is 0 Å². The van der Waals surface area contributed by atoms with Crippen molar-refractivity contribution in [2.75, 3.05) is 26.2 Å². The number of amides is 1. The Kier molecular flexibility index (Phi) is 3.68. The first-order valence-electron chi connectivity index (χ1n) is 5.14. The van der Waals surface area contributed by atoms with E-state index in [2.05, 4.69) is 5.32 Å². The van der Waals surface area contributed by atoms with E-state index in [1.54, 1.807) is 13.8 Å². The van der Waals surface area contributed by atoms with Gasteiger partial charge in [-0.2, -0.15) is 0 Å². The molecule has 86 valence electrons. The van der Waals surface area contributed by atoms with Crippen LogP contribution >= 0.6 is 0 Å². The Balaban J connectivity index is 2.56. The third kappa shape index (κ3) is 3.51. The number of hydrogen-bond donors (Lipinski definition) is 2. The van der Waals surface area contributed by atoms with E-state index in [1.807, 2.05) is 4.90 Å². The van der Waals surface area contributed by atoms with Crippen molar-refractivity contribution < 1.29 is 14.7 Å². The van der Waals surface area contributed by atoms with Gasteiger partial charge in [0.25, 0.3) is 0 Å². The van der Waals surface area contributed by atoms with Crippen LogP contribution in [0.2, 0.25) is 0 Å². The largest absolute Gasteiger partial charge is 0.481 e. The molecule has 15 heavy (non-hydrogen) atoms. The van der Waals surface area contributed by atoms with Gasteiger partial charge < -0.3 is 10.4 Å². The molecule has 1 aliphatic rings. The summed E-state index contributed by atoms with van der Waals surface area (Å²) in [4.78, 5) is 24.1. The van der Waals surface area contributed by atoms with Crippen LogP contribution in [-0.2, 0) is 9.59 Å². The summed E-state index contributed by atoms with van der Waals surface area (Å²) in [6.07, 6.45) is 0.876. The standard InChI is InChI=1S/C10H18N2O3/c1-10(2,9(14)15)7-12-5-3-4-11-8(13)6-12/h3-7H2,1-2H3,(H,11,13)(H,14,15). The highest BCUT2D eigenvalue weighted by Gasteiger charge is 2.30. The van der Waals surface area contributed by atoms with Gasteiger partial charge in [0.1, 0.15) is 0 Å². The Bertz CT molecular complexity index is 263. The quantitative estimate of drug-likeness (QED) is 0.689. The number of nitrogens with one attached hydrogen (secondary N) is 1. The first kappa shape index (κ1) is 12.0. The van der Waals surface area contributed by atoms with Crippen molar-refractivity contribution in [1.29, 1.82) is 0 Å². The van der Waals surface area contributed by atoms with Crippen LogP contribution < -0.4 is 5.32 Å². The highest BCUT2D eigenvalue weighted by molar-refractivity contribution is 5.78. The molecule has 1 saturated heterocycles. The fraction of sp³-hybridized carbons (Fsp3) is 0.800. The van der Waals surface area contributed by atoms with E-state index in [1.165, 1.54) is 0 Å². The zero-order valence-corrected chi connectivity index (χ0v) is 9.25. The molecule has 0 saturated carbocycles. The van der Waals surface area contributed by atoms with Crippen molar-refractivity contribution in [1.82, 2.24) is 10.2 Å². The number of carbonyl (C=O) groups excluding carboxylic acids is 1. The third-order valence-electron chi connectivity index (χ3n) is 2.54. The summed E-state index contributed by atoms with van der Waals surface area (Å²) in [7, 11) is 0. The van der Waals surface area contributed by atoms with E-state index in [4.69, 9.17) is 5.11 Å². The van der Waals surface area contributed by atoms with Crippen LogP contribution in [0.4, 0.5) is 0 Å². The second kappa shape index (κ2) is 4.61. The average molecular weight is 214 g/mol. The summed E-state index contributed by atoms with van der Waals surface area (Å²) in [5.74, 6) is -0.846. The molecule has 0 aromatic carbocycles. The van der Waals surface area contributed by atoms with Crippen molar-refractivity contribution in [2.45, 2.75) is 20.3 Å². The van der Waals surface area contributed by atoms with Crippen molar-refractivity contribution in [2.24, 2.45) is 5.41 Å². The number of aliphatic carboxylic acids is 1. The van der Waals surface area contributed by atoms with Gasteiger partial charge >= 0.3 is 5.97 Å². The topological polar surface area (TPSA) is 69.6 Å². The van der Waals surface area contributed by atoms with E-state index in [-0.39, 0.29) is 5.91 Å². The minimum absolute atomic E-state index is 0.0197. The zero-order chi connectivity index (χ0) is 11.5. The molecule has 0 unspecified atom stereocenters. The first-order chi connectivity index (χ1) is 6.92. The molecule has 0 radical (unpaired) electrons. The van der Waals surface area contributed by atoms with E-state index in [9.17, 15) is 9.59 Å². The number of carbonyl (C=O) groups is 2. The average Bonchev–Trinajstić information content (AvgIpc) is 2.28. The van der Waals surface area contributed by atoms with Gasteiger partial charge in [-0.25, -0.2) is 0 Å². The normalized spacial score (nSPS) is 19.5. The highest BCUT2D eigenvalue weighted by atomic mass is 16.4. The third-order valence-corrected chi connectivity index (χ3v) is 2.54. The number of carboxylic acid groups (broad SMARTS) is 1. The fourth-order valence-electron chi connectivity index (χ4n) is 1.63. The Morgan fingerprint density at radius 2 is 2.27 bits per heavy atom. The molecule has 1 rings (SSSR count). The molecular formula is C10H18N2O3. The molecule has 0 bridgehead atoms. The Labute approximate surface area is 89.4 Å². The lowest BCUT2D eigenvalue weighted by Crippen LogP contribution is -2.42. The first-order valence-corrected chi connectivity index (χ1v) is 5.14. The van der Waals surface area contributed by atoms with Crippen LogP contribution in [0.25, 0.3) is 0 Å². The van der Waals surface area contributed by atoms with Gasteiger partial charge in [-0.05, 0) is 20.3 Å².